The molecule has 2 aliphatic rings. The third kappa shape index (κ3) is 4.09. The summed E-state index contributed by atoms with van der Waals surface area (Å²) in [6.45, 7) is 0.841. The van der Waals surface area contributed by atoms with Crippen LogP contribution < -0.4 is 0 Å². The third-order valence-electron chi connectivity index (χ3n) is 3.91. The molecule has 0 aromatic heterocycles. The largest absolute Gasteiger partial charge is 0.463 e. The molecule has 1 saturated heterocycles. The summed E-state index contributed by atoms with van der Waals surface area (Å²) in [6.07, 6.45) is -1.56. The molecule has 0 N–H and O–H groups in total. The molecule has 0 aromatic rings. The number of hydrogen-bond acceptors (Lipinski definition) is 3. The quantitative estimate of drug-likeness (QED) is 0.745. The lowest BCUT2D eigenvalue weighted by Crippen LogP contribution is -2.33. The Morgan fingerprint density at radius 2 is 2.00 bits per heavy atom. The molecule has 19 heavy (non-hydrogen) atoms. The monoisotopic (exact) mass is 280 g/mol. The Morgan fingerprint density at radius 1 is 1.21 bits per heavy atom. The highest BCUT2D eigenvalue weighted by atomic mass is 19.4. The van der Waals surface area contributed by atoms with Crippen LogP contribution in [0.3, 0.4) is 0 Å². The van der Waals surface area contributed by atoms with Gasteiger partial charge in [0.25, 0.3) is 0 Å². The van der Waals surface area contributed by atoms with Crippen molar-refractivity contribution in [1.29, 1.82) is 0 Å². The number of halogens is 3. The Balaban J connectivity index is 1.78. The van der Waals surface area contributed by atoms with Gasteiger partial charge in [0.15, 0.2) is 0 Å². The van der Waals surface area contributed by atoms with E-state index in [1.807, 2.05) is 0 Å². The van der Waals surface area contributed by atoms with Crippen molar-refractivity contribution in [2.45, 2.75) is 50.8 Å². The van der Waals surface area contributed by atoms with Crippen molar-refractivity contribution >= 4 is 5.97 Å². The van der Waals surface area contributed by atoms with E-state index >= 15 is 0 Å². The first-order valence-electron chi connectivity index (χ1n) is 6.82. The van der Waals surface area contributed by atoms with Crippen LogP contribution in [0.25, 0.3) is 0 Å². The molecule has 1 saturated carbocycles. The average molecular weight is 280 g/mol. The second-order valence-corrected chi connectivity index (χ2v) is 5.37. The molecule has 110 valence electrons. The van der Waals surface area contributed by atoms with Gasteiger partial charge in [0.05, 0.1) is 17.9 Å². The fraction of sp³-hybridized carbons (Fsp3) is 0.923. The fourth-order valence-corrected chi connectivity index (χ4v) is 2.77. The van der Waals surface area contributed by atoms with Gasteiger partial charge >= 0.3 is 12.1 Å². The predicted molar refractivity (Wildman–Crippen MR) is 61.4 cm³/mol. The molecule has 0 spiro atoms. The Labute approximate surface area is 110 Å². The average Bonchev–Trinajstić information content (AvgIpc) is 2.88. The number of hydrogen-bond donors (Lipinski definition) is 0. The van der Waals surface area contributed by atoms with E-state index < -0.39 is 24.0 Å². The summed E-state index contributed by atoms with van der Waals surface area (Å²) in [7, 11) is 0. The lowest BCUT2D eigenvalue weighted by molar-refractivity contribution is -0.189. The summed E-state index contributed by atoms with van der Waals surface area (Å²) < 4.78 is 48.3. The number of carbonyl (C=O) groups excluding carboxylic acids is 1. The minimum atomic E-state index is -4.20. The van der Waals surface area contributed by atoms with Gasteiger partial charge in [-0.25, -0.2) is 0 Å². The van der Waals surface area contributed by atoms with Crippen molar-refractivity contribution in [3.8, 4) is 0 Å². The maximum absolute atomic E-state index is 12.6. The number of carbonyl (C=O) groups is 1. The van der Waals surface area contributed by atoms with Crippen molar-refractivity contribution in [1.82, 2.24) is 0 Å². The fourth-order valence-electron chi connectivity index (χ4n) is 2.77. The normalized spacial score (nSPS) is 32.3. The Hall–Kier alpha value is -0.780. The van der Waals surface area contributed by atoms with E-state index in [9.17, 15) is 18.0 Å². The number of alkyl halides is 3. The standard InChI is InChI=1S/C13H19F3O3/c14-13(15,16)10-4-1-3-9(7-10)12(17)19-8-11-5-2-6-18-11/h9-11H,1-8H2. The number of esters is 1. The molecule has 3 unspecified atom stereocenters. The number of ether oxygens (including phenoxy) is 2. The summed E-state index contributed by atoms with van der Waals surface area (Å²) in [5, 5.41) is 0. The summed E-state index contributed by atoms with van der Waals surface area (Å²) >= 11 is 0. The summed E-state index contributed by atoms with van der Waals surface area (Å²) in [5.74, 6) is -2.47. The van der Waals surface area contributed by atoms with Crippen molar-refractivity contribution < 1.29 is 27.4 Å². The van der Waals surface area contributed by atoms with E-state index in [1.165, 1.54) is 0 Å². The van der Waals surface area contributed by atoms with Gasteiger partial charge in [-0.05, 0) is 32.1 Å². The Kier molecular flexibility index (Phi) is 4.71. The van der Waals surface area contributed by atoms with Gasteiger partial charge in [-0.3, -0.25) is 4.79 Å². The molecule has 3 atom stereocenters. The molecule has 0 aromatic carbocycles. The van der Waals surface area contributed by atoms with Crippen LogP contribution in [0.2, 0.25) is 0 Å². The molecule has 0 radical (unpaired) electrons. The molecule has 1 aliphatic heterocycles. The maximum atomic E-state index is 12.6. The van der Waals surface area contributed by atoms with Crippen LogP contribution in [-0.2, 0) is 14.3 Å². The van der Waals surface area contributed by atoms with E-state index in [2.05, 4.69) is 0 Å². The first kappa shape index (κ1) is 14.6. The minimum Gasteiger partial charge on any atom is -0.463 e. The van der Waals surface area contributed by atoms with Crippen LogP contribution in [0.4, 0.5) is 13.2 Å². The zero-order valence-electron chi connectivity index (χ0n) is 10.7. The molecule has 0 amide bonds. The maximum Gasteiger partial charge on any atom is 0.391 e. The van der Waals surface area contributed by atoms with Crippen LogP contribution in [0.15, 0.2) is 0 Å². The summed E-state index contributed by atoms with van der Waals surface area (Å²) in [4.78, 5) is 11.8. The molecular weight excluding hydrogens is 261 g/mol. The van der Waals surface area contributed by atoms with E-state index in [-0.39, 0.29) is 25.6 Å². The summed E-state index contributed by atoms with van der Waals surface area (Å²) in [6, 6.07) is 0. The predicted octanol–water partition coefficient (Wildman–Crippen LogP) is 3.08. The zero-order chi connectivity index (χ0) is 13.9. The molecule has 0 bridgehead atoms. The van der Waals surface area contributed by atoms with E-state index in [0.717, 1.165) is 12.8 Å². The van der Waals surface area contributed by atoms with Crippen LogP contribution in [0.5, 0.6) is 0 Å². The molecule has 2 fully saturated rings. The SMILES string of the molecule is O=C(OCC1CCCO1)C1CCCC(C(F)(F)F)C1. The highest BCUT2D eigenvalue weighted by Crippen LogP contribution is 2.40. The van der Waals surface area contributed by atoms with Crippen LogP contribution in [-0.4, -0.2) is 31.5 Å². The van der Waals surface area contributed by atoms with Crippen LogP contribution in [0.1, 0.15) is 38.5 Å². The van der Waals surface area contributed by atoms with Gasteiger partial charge in [0, 0.05) is 6.61 Å². The topological polar surface area (TPSA) is 35.5 Å². The Bertz CT molecular complexity index is 311. The third-order valence-corrected chi connectivity index (χ3v) is 3.91. The van der Waals surface area contributed by atoms with Crippen LogP contribution in [0, 0.1) is 11.8 Å². The second-order valence-electron chi connectivity index (χ2n) is 5.37. The first-order chi connectivity index (χ1) is 8.97. The van der Waals surface area contributed by atoms with Gasteiger partial charge in [-0.1, -0.05) is 6.42 Å². The highest BCUT2D eigenvalue weighted by Gasteiger charge is 2.44. The van der Waals surface area contributed by atoms with Gasteiger partial charge in [0.1, 0.15) is 6.61 Å². The summed E-state index contributed by atoms with van der Waals surface area (Å²) in [5.41, 5.74) is 0. The molecule has 1 heterocycles. The van der Waals surface area contributed by atoms with Crippen molar-refractivity contribution in [3.63, 3.8) is 0 Å². The van der Waals surface area contributed by atoms with E-state index in [0.29, 0.717) is 19.4 Å². The zero-order valence-corrected chi connectivity index (χ0v) is 10.7. The molecular formula is C13H19F3O3. The van der Waals surface area contributed by atoms with E-state index in [4.69, 9.17) is 9.47 Å². The first-order valence-corrected chi connectivity index (χ1v) is 6.82. The van der Waals surface area contributed by atoms with Gasteiger partial charge in [-0.15, -0.1) is 0 Å². The van der Waals surface area contributed by atoms with Gasteiger partial charge in [0.2, 0.25) is 0 Å². The smallest absolute Gasteiger partial charge is 0.391 e. The lowest BCUT2D eigenvalue weighted by atomic mass is 9.81. The highest BCUT2D eigenvalue weighted by molar-refractivity contribution is 5.72. The molecule has 6 heteroatoms. The van der Waals surface area contributed by atoms with Crippen molar-refractivity contribution in [3.05, 3.63) is 0 Å². The minimum absolute atomic E-state index is 0.0778. The molecule has 3 nitrogen and oxygen atoms in total. The number of rotatable bonds is 3. The van der Waals surface area contributed by atoms with Crippen molar-refractivity contribution in [2.75, 3.05) is 13.2 Å². The van der Waals surface area contributed by atoms with Crippen molar-refractivity contribution in [2.24, 2.45) is 11.8 Å². The molecule has 1 aliphatic carbocycles. The lowest BCUT2D eigenvalue weighted by Gasteiger charge is -2.29. The molecule has 2 rings (SSSR count). The Morgan fingerprint density at radius 3 is 2.63 bits per heavy atom. The van der Waals surface area contributed by atoms with Crippen LogP contribution >= 0.6 is 0 Å². The van der Waals surface area contributed by atoms with E-state index in [1.54, 1.807) is 0 Å². The van der Waals surface area contributed by atoms with Gasteiger partial charge < -0.3 is 9.47 Å². The second kappa shape index (κ2) is 6.11. The van der Waals surface area contributed by atoms with Gasteiger partial charge in [-0.2, -0.15) is 13.2 Å².